The van der Waals surface area contributed by atoms with Gasteiger partial charge in [0.15, 0.2) is 5.96 Å². The van der Waals surface area contributed by atoms with Crippen LogP contribution in [0.4, 0.5) is 8.78 Å². The molecule has 0 saturated heterocycles. The molecule has 0 saturated carbocycles. The third-order valence-corrected chi connectivity index (χ3v) is 4.59. The fraction of sp³-hybridized carbons (Fsp3) is 0.429. The Morgan fingerprint density at radius 3 is 2.68 bits per heavy atom. The number of rotatable bonds is 10. The van der Waals surface area contributed by atoms with Crippen molar-refractivity contribution in [2.24, 2.45) is 4.99 Å². The van der Waals surface area contributed by atoms with Crippen molar-refractivity contribution in [2.45, 2.75) is 46.4 Å². The van der Waals surface area contributed by atoms with Gasteiger partial charge in [0.1, 0.15) is 5.75 Å². The molecule has 0 spiro atoms. The number of nitrogens with zero attached hydrogens (tertiary/aromatic N) is 2. The first-order valence-electron chi connectivity index (χ1n) is 9.82. The number of unbranched alkanes of at least 4 members (excludes halogenated alkanes) is 1. The number of hydrogen-bond donors (Lipinski definition) is 2. The third-order valence-electron chi connectivity index (χ3n) is 4.36. The Balaban J connectivity index is 0.00000480. The topological polar surface area (TPSA) is 67.7 Å². The Morgan fingerprint density at radius 2 is 2.00 bits per heavy atom. The molecule has 2 rings (SSSR count). The average molecular weight is 569 g/mol. The normalized spacial score (nSPS) is 11.2. The van der Waals surface area contributed by atoms with Crippen LogP contribution in [-0.4, -0.2) is 30.2 Å². The van der Waals surface area contributed by atoms with E-state index >= 15 is 0 Å². The first-order valence-corrected chi connectivity index (χ1v) is 10.2. The molecule has 0 bridgehead atoms. The number of hydrogen-bond acceptors (Lipinski definition) is 3. The molecule has 1 heterocycles. The molecule has 6 nitrogen and oxygen atoms in total. The molecule has 1 aromatic heterocycles. The van der Waals surface area contributed by atoms with Crippen molar-refractivity contribution in [1.82, 2.24) is 15.2 Å². The molecule has 0 radical (unpaired) electrons. The molecule has 1 aromatic carbocycles. The smallest absolute Gasteiger partial charge is 0.387 e. The van der Waals surface area contributed by atoms with Crippen LogP contribution in [0.2, 0.25) is 5.02 Å². The molecule has 0 amide bonds. The minimum Gasteiger partial charge on any atom is -0.434 e. The largest absolute Gasteiger partial charge is 0.434 e. The second-order valence-corrected chi connectivity index (χ2v) is 7.05. The summed E-state index contributed by atoms with van der Waals surface area (Å²) in [7, 11) is 0. The van der Waals surface area contributed by atoms with Crippen molar-refractivity contribution >= 4 is 41.5 Å². The van der Waals surface area contributed by atoms with Gasteiger partial charge in [-0.05, 0) is 51.0 Å². The number of halogens is 4. The van der Waals surface area contributed by atoms with Crippen LogP contribution in [0.25, 0.3) is 0 Å². The number of nitrogens with one attached hydrogen (secondary N) is 2. The van der Waals surface area contributed by atoms with E-state index in [0.717, 1.165) is 18.5 Å². The molecule has 0 aliphatic carbocycles. The van der Waals surface area contributed by atoms with Crippen LogP contribution >= 0.6 is 35.6 Å². The fourth-order valence-electron chi connectivity index (χ4n) is 2.90. The van der Waals surface area contributed by atoms with Gasteiger partial charge in [0, 0.05) is 42.0 Å². The maximum atomic E-state index is 12.6. The molecule has 2 aromatic rings. The zero-order valence-electron chi connectivity index (χ0n) is 17.5. The predicted molar refractivity (Wildman–Crippen MR) is 131 cm³/mol. The standard InChI is InChI=1S/C21H27ClF2N4O2.HI/c1-3-25-21(26-11-4-5-12-28-15(2)7-6-8-19(28)29)27-14-16-13-17(22)9-10-18(16)30-20(23)24;/h6-10,13,20H,3-5,11-12,14H2,1-2H3,(H2,25,26,27);1H. The van der Waals surface area contributed by atoms with Crippen LogP contribution in [0.15, 0.2) is 46.2 Å². The summed E-state index contributed by atoms with van der Waals surface area (Å²) in [6.45, 7) is 3.03. The van der Waals surface area contributed by atoms with Crippen molar-refractivity contribution in [3.63, 3.8) is 0 Å². The Labute approximate surface area is 203 Å². The summed E-state index contributed by atoms with van der Waals surface area (Å²) in [5.41, 5.74) is 1.41. The maximum Gasteiger partial charge on any atom is 0.387 e. The first-order chi connectivity index (χ1) is 14.4. The molecular weight excluding hydrogens is 541 g/mol. The number of pyridine rings is 1. The zero-order chi connectivity index (χ0) is 21.9. The molecule has 172 valence electrons. The summed E-state index contributed by atoms with van der Waals surface area (Å²) in [5, 5.41) is 6.75. The summed E-state index contributed by atoms with van der Waals surface area (Å²) in [6, 6.07) is 9.70. The molecule has 0 aliphatic heterocycles. The number of alkyl halides is 2. The van der Waals surface area contributed by atoms with E-state index in [9.17, 15) is 13.6 Å². The molecule has 0 atom stereocenters. The lowest BCUT2D eigenvalue weighted by Gasteiger charge is -2.13. The van der Waals surface area contributed by atoms with Crippen LogP contribution in [0.5, 0.6) is 5.75 Å². The number of guanidine groups is 1. The first kappa shape index (κ1) is 27.2. The van der Waals surface area contributed by atoms with Crippen molar-refractivity contribution in [1.29, 1.82) is 0 Å². The Hall–Kier alpha value is -1.88. The lowest BCUT2D eigenvalue weighted by atomic mass is 10.2. The number of aliphatic imine (C=N–C) groups is 1. The van der Waals surface area contributed by atoms with Gasteiger partial charge in [-0.2, -0.15) is 8.78 Å². The van der Waals surface area contributed by atoms with E-state index in [4.69, 9.17) is 11.6 Å². The van der Waals surface area contributed by atoms with Crippen molar-refractivity contribution in [2.75, 3.05) is 13.1 Å². The van der Waals surface area contributed by atoms with E-state index in [1.807, 2.05) is 19.9 Å². The molecule has 10 heteroatoms. The van der Waals surface area contributed by atoms with Gasteiger partial charge in [-0.15, -0.1) is 24.0 Å². The van der Waals surface area contributed by atoms with Crippen LogP contribution < -0.4 is 20.9 Å². The van der Waals surface area contributed by atoms with E-state index in [1.165, 1.54) is 12.1 Å². The van der Waals surface area contributed by atoms with Gasteiger partial charge in [-0.25, -0.2) is 4.99 Å². The van der Waals surface area contributed by atoms with Gasteiger partial charge in [0.25, 0.3) is 5.56 Å². The highest BCUT2D eigenvalue weighted by Crippen LogP contribution is 2.25. The Kier molecular flexibility index (Phi) is 12.5. The van der Waals surface area contributed by atoms with Gasteiger partial charge >= 0.3 is 6.61 Å². The number of ether oxygens (including phenoxy) is 1. The summed E-state index contributed by atoms with van der Waals surface area (Å²) < 4.78 is 31.5. The summed E-state index contributed by atoms with van der Waals surface area (Å²) in [5.74, 6) is 0.617. The second kappa shape index (κ2) is 14.2. The van der Waals surface area contributed by atoms with Crippen molar-refractivity contribution in [3.8, 4) is 5.75 Å². The van der Waals surface area contributed by atoms with Gasteiger partial charge in [-0.1, -0.05) is 17.7 Å². The maximum absolute atomic E-state index is 12.6. The molecule has 0 aliphatic rings. The molecular formula is C21H28ClF2IN4O2. The van der Waals surface area contributed by atoms with Crippen LogP contribution in [0.3, 0.4) is 0 Å². The van der Waals surface area contributed by atoms with Crippen LogP contribution in [0, 0.1) is 6.92 Å². The minimum atomic E-state index is -2.92. The monoisotopic (exact) mass is 568 g/mol. The summed E-state index contributed by atoms with van der Waals surface area (Å²) >= 11 is 5.97. The lowest BCUT2D eigenvalue weighted by Crippen LogP contribution is -2.37. The number of aryl methyl sites for hydroxylation is 1. The predicted octanol–water partition coefficient (Wildman–Crippen LogP) is 4.57. The molecule has 0 unspecified atom stereocenters. The Morgan fingerprint density at radius 1 is 1.23 bits per heavy atom. The average Bonchev–Trinajstić information content (AvgIpc) is 2.69. The zero-order valence-corrected chi connectivity index (χ0v) is 20.6. The van der Waals surface area contributed by atoms with E-state index in [1.54, 1.807) is 22.8 Å². The quantitative estimate of drug-likeness (QED) is 0.191. The molecule has 0 fully saturated rings. The molecule has 2 N–H and O–H groups in total. The Bertz CT molecular complexity index is 909. The van der Waals surface area contributed by atoms with E-state index in [0.29, 0.717) is 36.2 Å². The fourth-order valence-corrected chi connectivity index (χ4v) is 3.09. The number of aromatic nitrogens is 1. The highest BCUT2D eigenvalue weighted by Gasteiger charge is 2.10. The highest BCUT2D eigenvalue weighted by atomic mass is 127. The van der Waals surface area contributed by atoms with Gasteiger partial charge in [0.05, 0.1) is 6.54 Å². The third kappa shape index (κ3) is 9.42. The van der Waals surface area contributed by atoms with Crippen molar-refractivity contribution < 1.29 is 13.5 Å². The summed E-state index contributed by atoms with van der Waals surface area (Å²) in [4.78, 5) is 16.3. The summed E-state index contributed by atoms with van der Waals surface area (Å²) in [6.07, 6.45) is 1.67. The SMILES string of the molecule is CCNC(=NCc1cc(Cl)ccc1OC(F)F)NCCCCn1c(C)cccc1=O.I. The van der Waals surface area contributed by atoms with E-state index in [-0.39, 0.29) is 41.8 Å². The van der Waals surface area contributed by atoms with Crippen LogP contribution in [-0.2, 0) is 13.1 Å². The molecule has 31 heavy (non-hydrogen) atoms. The highest BCUT2D eigenvalue weighted by molar-refractivity contribution is 14.0. The second-order valence-electron chi connectivity index (χ2n) is 6.62. The van der Waals surface area contributed by atoms with Gasteiger partial charge < -0.3 is 19.9 Å². The van der Waals surface area contributed by atoms with Crippen LogP contribution in [0.1, 0.15) is 31.0 Å². The number of benzene rings is 1. The van der Waals surface area contributed by atoms with Gasteiger partial charge in [0.2, 0.25) is 0 Å². The minimum absolute atomic E-state index is 0. The van der Waals surface area contributed by atoms with Gasteiger partial charge in [-0.3, -0.25) is 4.79 Å². The lowest BCUT2D eigenvalue weighted by molar-refractivity contribution is -0.0504. The van der Waals surface area contributed by atoms with Crippen molar-refractivity contribution in [3.05, 3.63) is 63.0 Å². The van der Waals surface area contributed by atoms with E-state index in [2.05, 4.69) is 20.4 Å². The van der Waals surface area contributed by atoms with E-state index < -0.39 is 6.61 Å².